The Morgan fingerprint density at radius 3 is 2.00 bits per heavy atom. The molecule has 0 atom stereocenters. The van der Waals surface area contributed by atoms with Crippen LogP contribution in [0.5, 0.6) is 0 Å². The molecule has 0 saturated heterocycles. The monoisotopic (exact) mass is 234 g/mol. The first-order valence-corrected chi connectivity index (χ1v) is 6.83. The van der Waals surface area contributed by atoms with E-state index in [4.69, 9.17) is 4.74 Å². The maximum atomic E-state index is 11.8. The van der Waals surface area contributed by atoms with E-state index >= 15 is 0 Å². The smallest absolute Gasteiger partial charge is 0.333 e. The Bertz CT molecular complexity index is 341. The van der Waals surface area contributed by atoms with Gasteiger partial charge in [-0.25, -0.2) is 4.79 Å². The summed E-state index contributed by atoms with van der Waals surface area (Å²) in [7, 11) is 1.47. The lowest BCUT2D eigenvalue weighted by molar-refractivity contribution is -0.142. The van der Waals surface area contributed by atoms with E-state index in [-0.39, 0.29) is 11.4 Å². The zero-order chi connectivity index (χ0) is 12.2. The van der Waals surface area contributed by atoms with Crippen molar-refractivity contribution in [2.75, 3.05) is 7.11 Å². The molecule has 17 heavy (non-hydrogen) atoms. The molecule has 0 aromatic rings. The van der Waals surface area contributed by atoms with Crippen molar-refractivity contribution in [3.63, 3.8) is 0 Å². The fraction of sp³-hybridized carbons (Fsp3) is 0.800. The maximum absolute atomic E-state index is 11.8. The fourth-order valence-electron chi connectivity index (χ4n) is 5.00. The molecule has 0 unspecified atom stereocenters. The average Bonchev–Trinajstić information content (AvgIpc) is 2.32. The summed E-state index contributed by atoms with van der Waals surface area (Å²) in [5, 5.41) is 0. The van der Waals surface area contributed by atoms with Crippen LogP contribution in [0.1, 0.15) is 39.0 Å². The van der Waals surface area contributed by atoms with Gasteiger partial charge in [-0.05, 0) is 55.8 Å². The molecule has 0 heterocycles. The molecule has 4 bridgehead atoms. The maximum Gasteiger partial charge on any atom is 0.333 e. The van der Waals surface area contributed by atoms with Crippen molar-refractivity contribution in [2.45, 2.75) is 39.0 Å². The molecule has 4 aliphatic rings. The Labute approximate surface area is 103 Å². The highest BCUT2D eigenvalue weighted by atomic mass is 16.5. The Balaban J connectivity index is 1.92. The van der Waals surface area contributed by atoms with Gasteiger partial charge in [0, 0.05) is 11.0 Å². The molecule has 2 nitrogen and oxygen atoms in total. The van der Waals surface area contributed by atoms with E-state index in [1.165, 1.54) is 39.2 Å². The fourth-order valence-corrected chi connectivity index (χ4v) is 5.00. The van der Waals surface area contributed by atoms with Gasteiger partial charge in [0.2, 0.25) is 0 Å². The van der Waals surface area contributed by atoms with Crippen molar-refractivity contribution >= 4 is 5.97 Å². The van der Waals surface area contributed by atoms with Gasteiger partial charge in [0.05, 0.1) is 7.11 Å². The number of carbonyl (C=O) groups excluding carboxylic acids is 1. The highest BCUT2D eigenvalue weighted by Gasteiger charge is 2.56. The predicted molar refractivity (Wildman–Crippen MR) is 66.3 cm³/mol. The lowest BCUT2D eigenvalue weighted by Gasteiger charge is -2.60. The Morgan fingerprint density at radius 1 is 1.12 bits per heavy atom. The first-order valence-electron chi connectivity index (χ1n) is 6.83. The zero-order valence-electron chi connectivity index (χ0n) is 10.9. The quantitative estimate of drug-likeness (QED) is 0.542. The molecular weight excluding hydrogens is 212 g/mol. The number of ether oxygens (including phenoxy) is 1. The van der Waals surface area contributed by atoms with E-state index in [9.17, 15) is 4.79 Å². The molecule has 2 heteroatoms. The average molecular weight is 234 g/mol. The SMILES string of the molecule is C=C(C(=O)OC)C1(C)C2CC3CC(C2)CC1C3. The second-order valence-corrected chi connectivity index (χ2v) is 6.56. The number of hydrogen-bond acceptors (Lipinski definition) is 2. The molecule has 4 aliphatic carbocycles. The third-order valence-electron chi connectivity index (χ3n) is 5.92. The summed E-state index contributed by atoms with van der Waals surface area (Å²) in [6.07, 6.45) is 6.66. The first kappa shape index (κ1) is 11.3. The molecule has 0 N–H and O–H groups in total. The van der Waals surface area contributed by atoms with E-state index in [1.54, 1.807) is 0 Å². The Morgan fingerprint density at radius 2 is 1.59 bits per heavy atom. The topological polar surface area (TPSA) is 26.3 Å². The normalized spacial score (nSPS) is 46.9. The molecule has 4 saturated carbocycles. The third kappa shape index (κ3) is 1.42. The van der Waals surface area contributed by atoms with E-state index in [0.717, 1.165) is 17.4 Å². The van der Waals surface area contributed by atoms with Crippen LogP contribution in [-0.4, -0.2) is 13.1 Å². The summed E-state index contributed by atoms with van der Waals surface area (Å²) in [5.41, 5.74) is 0.745. The standard InChI is InChI=1S/C15H22O2/c1-9(14(16)17-3)15(2)12-5-10-4-11(7-12)8-13(15)6-10/h10-13H,1,4-8H2,2-3H3. The second kappa shape index (κ2) is 3.60. The molecule has 0 radical (unpaired) electrons. The van der Waals surface area contributed by atoms with Crippen molar-refractivity contribution in [1.82, 2.24) is 0 Å². The van der Waals surface area contributed by atoms with Crippen LogP contribution in [0, 0.1) is 29.1 Å². The highest BCUT2D eigenvalue weighted by molar-refractivity contribution is 5.89. The molecule has 0 aliphatic heterocycles. The summed E-state index contributed by atoms with van der Waals surface area (Å²) >= 11 is 0. The van der Waals surface area contributed by atoms with Crippen LogP contribution in [-0.2, 0) is 9.53 Å². The third-order valence-corrected chi connectivity index (χ3v) is 5.92. The minimum Gasteiger partial charge on any atom is -0.466 e. The molecular formula is C15H22O2. The van der Waals surface area contributed by atoms with Crippen molar-refractivity contribution in [3.05, 3.63) is 12.2 Å². The van der Waals surface area contributed by atoms with E-state index in [2.05, 4.69) is 13.5 Å². The summed E-state index contributed by atoms with van der Waals surface area (Å²) in [4.78, 5) is 11.8. The second-order valence-electron chi connectivity index (χ2n) is 6.56. The molecule has 0 aromatic carbocycles. The lowest BCUT2D eigenvalue weighted by atomic mass is 9.44. The minimum atomic E-state index is -0.194. The van der Waals surface area contributed by atoms with Crippen molar-refractivity contribution in [1.29, 1.82) is 0 Å². The van der Waals surface area contributed by atoms with Crippen molar-refractivity contribution in [3.8, 4) is 0 Å². The number of carbonyl (C=O) groups is 1. The van der Waals surface area contributed by atoms with Crippen LogP contribution in [0.2, 0.25) is 0 Å². The van der Waals surface area contributed by atoms with Gasteiger partial charge in [-0.3, -0.25) is 0 Å². The van der Waals surface area contributed by atoms with Gasteiger partial charge in [0.15, 0.2) is 0 Å². The number of rotatable bonds is 2. The summed E-state index contributed by atoms with van der Waals surface area (Å²) in [6, 6.07) is 0. The Hall–Kier alpha value is -0.790. The van der Waals surface area contributed by atoms with Crippen molar-refractivity contribution < 1.29 is 9.53 Å². The molecule has 0 amide bonds. The Kier molecular flexibility index (Phi) is 2.39. The van der Waals surface area contributed by atoms with Gasteiger partial charge >= 0.3 is 5.97 Å². The molecule has 4 rings (SSSR count). The molecule has 0 aromatic heterocycles. The van der Waals surface area contributed by atoms with Crippen LogP contribution in [0.3, 0.4) is 0 Å². The number of esters is 1. The predicted octanol–water partition coefficient (Wildman–Crippen LogP) is 3.18. The van der Waals surface area contributed by atoms with Crippen LogP contribution in [0.15, 0.2) is 12.2 Å². The van der Waals surface area contributed by atoms with Crippen molar-refractivity contribution in [2.24, 2.45) is 29.1 Å². The van der Waals surface area contributed by atoms with E-state index in [0.29, 0.717) is 11.8 Å². The van der Waals surface area contributed by atoms with Crippen LogP contribution >= 0.6 is 0 Å². The summed E-state index contributed by atoms with van der Waals surface area (Å²) < 4.78 is 4.90. The number of methoxy groups -OCH3 is 1. The number of hydrogen-bond donors (Lipinski definition) is 0. The lowest BCUT2D eigenvalue weighted by Crippen LogP contribution is -2.53. The van der Waals surface area contributed by atoms with Crippen LogP contribution in [0.4, 0.5) is 0 Å². The summed E-state index contributed by atoms with van der Waals surface area (Å²) in [6.45, 7) is 6.33. The van der Waals surface area contributed by atoms with Gasteiger partial charge in [-0.1, -0.05) is 13.5 Å². The van der Waals surface area contributed by atoms with Crippen LogP contribution < -0.4 is 0 Å². The van der Waals surface area contributed by atoms with E-state index < -0.39 is 0 Å². The highest BCUT2D eigenvalue weighted by Crippen LogP contribution is 2.64. The molecule has 0 spiro atoms. The first-order chi connectivity index (χ1) is 8.05. The van der Waals surface area contributed by atoms with Crippen LogP contribution in [0.25, 0.3) is 0 Å². The largest absolute Gasteiger partial charge is 0.466 e. The zero-order valence-corrected chi connectivity index (χ0v) is 10.9. The van der Waals surface area contributed by atoms with Gasteiger partial charge in [0.1, 0.15) is 0 Å². The van der Waals surface area contributed by atoms with Gasteiger partial charge < -0.3 is 4.74 Å². The molecule has 4 fully saturated rings. The molecule has 94 valence electrons. The summed E-state index contributed by atoms with van der Waals surface area (Å²) in [5.74, 6) is 3.00. The van der Waals surface area contributed by atoms with Gasteiger partial charge in [-0.15, -0.1) is 0 Å². The van der Waals surface area contributed by atoms with E-state index in [1.807, 2.05) is 0 Å². The minimum absolute atomic E-state index is 0.0144. The van der Waals surface area contributed by atoms with Gasteiger partial charge in [-0.2, -0.15) is 0 Å². The van der Waals surface area contributed by atoms with Gasteiger partial charge in [0.25, 0.3) is 0 Å².